The Morgan fingerprint density at radius 3 is 2.59 bits per heavy atom. The Kier molecular flexibility index (Phi) is 7.87. The van der Waals surface area contributed by atoms with E-state index < -0.39 is 5.97 Å². The van der Waals surface area contributed by atoms with Gasteiger partial charge >= 0.3 is 5.97 Å². The number of hydrogen-bond acceptors (Lipinski definition) is 6. The molecule has 0 saturated carbocycles. The number of esters is 1. The number of benzene rings is 2. The highest BCUT2D eigenvalue weighted by molar-refractivity contribution is 7.99. The number of carbonyl (C=O) groups is 1. The Balaban J connectivity index is 1.56. The van der Waals surface area contributed by atoms with Crippen LogP contribution in [-0.2, 0) is 14.3 Å². The number of carbonyl (C=O) groups excluding carboxylic acids is 1. The molecule has 5 nitrogen and oxygen atoms in total. The van der Waals surface area contributed by atoms with E-state index in [9.17, 15) is 4.79 Å². The minimum Gasteiger partial charge on any atom is -0.492 e. The molecule has 0 unspecified atom stereocenters. The van der Waals surface area contributed by atoms with Gasteiger partial charge in [0, 0.05) is 17.2 Å². The highest BCUT2D eigenvalue weighted by atomic mass is 32.2. The van der Waals surface area contributed by atoms with Crippen molar-refractivity contribution in [3.63, 3.8) is 0 Å². The minimum atomic E-state index is -0.449. The van der Waals surface area contributed by atoms with Crippen LogP contribution in [0.4, 0.5) is 5.69 Å². The molecule has 2 aromatic rings. The van der Waals surface area contributed by atoms with Gasteiger partial charge in [0.15, 0.2) is 0 Å². The topological polar surface area (TPSA) is 48.0 Å². The molecule has 3 rings (SSSR count). The summed E-state index contributed by atoms with van der Waals surface area (Å²) in [6.07, 6.45) is 1.69. The van der Waals surface area contributed by atoms with Crippen molar-refractivity contribution in [1.29, 1.82) is 0 Å². The summed E-state index contributed by atoms with van der Waals surface area (Å²) < 4.78 is 16.3. The van der Waals surface area contributed by atoms with Crippen LogP contribution in [0, 0.1) is 0 Å². The maximum absolute atomic E-state index is 11.9. The first-order valence-corrected chi connectivity index (χ1v) is 10.9. The fourth-order valence-corrected chi connectivity index (χ4v) is 4.11. The van der Waals surface area contributed by atoms with E-state index in [1.165, 1.54) is 10.6 Å². The smallest absolute Gasteiger partial charge is 0.373 e. The first-order chi connectivity index (χ1) is 14.2. The van der Waals surface area contributed by atoms with E-state index in [4.69, 9.17) is 14.2 Å². The van der Waals surface area contributed by atoms with Gasteiger partial charge in [-0.15, -0.1) is 11.8 Å². The Hall–Kier alpha value is -2.60. The molecule has 1 heterocycles. The third-order valence-electron chi connectivity index (χ3n) is 4.41. The van der Waals surface area contributed by atoms with E-state index in [0.717, 1.165) is 30.2 Å². The van der Waals surface area contributed by atoms with E-state index in [1.54, 1.807) is 13.0 Å². The maximum Gasteiger partial charge on any atom is 0.373 e. The number of hydrogen-bond donors (Lipinski definition) is 0. The zero-order valence-electron chi connectivity index (χ0n) is 16.9. The Morgan fingerprint density at radius 1 is 1.07 bits per heavy atom. The molecule has 154 valence electrons. The van der Waals surface area contributed by atoms with Crippen LogP contribution >= 0.6 is 11.8 Å². The molecule has 0 amide bonds. The fraction of sp³-hybridized carbons (Fsp3) is 0.348. The van der Waals surface area contributed by atoms with Crippen molar-refractivity contribution in [2.75, 3.05) is 43.6 Å². The summed E-state index contributed by atoms with van der Waals surface area (Å²) in [6.45, 7) is 6.82. The number of para-hydroxylation sites is 1. The molecular weight excluding hydrogens is 386 g/mol. The number of anilines is 1. The summed E-state index contributed by atoms with van der Waals surface area (Å²) >= 11 is 1.91. The lowest BCUT2D eigenvalue weighted by Crippen LogP contribution is -2.33. The number of thioether (sulfide) groups is 1. The minimum absolute atomic E-state index is 0.213. The maximum atomic E-state index is 11.9. The molecule has 0 atom stereocenters. The molecular formula is C23H27NO4S. The van der Waals surface area contributed by atoms with Gasteiger partial charge in [0.1, 0.15) is 12.4 Å². The van der Waals surface area contributed by atoms with Gasteiger partial charge in [-0.3, -0.25) is 0 Å². The fourth-order valence-electron chi connectivity index (χ4n) is 3.06. The van der Waals surface area contributed by atoms with E-state index >= 15 is 0 Å². The molecule has 0 fully saturated rings. The van der Waals surface area contributed by atoms with Gasteiger partial charge in [0.05, 0.1) is 25.4 Å². The van der Waals surface area contributed by atoms with Crippen molar-refractivity contribution >= 4 is 29.5 Å². The Labute approximate surface area is 176 Å². The number of nitrogens with zero attached hydrogens (tertiary/aromatic N) is 1. The SMILES string of the molecule is CCOC(=O)/C(=C/c1ccc(OCCN2CCSc3ccccc32)cc1)OCC. The van der Waals surface area contributed by atoms with E-state index in [2.05, 4.69) is 29.2 Å². The lowest BCUT2D eigenvalue weighted by Gasteiger charge is -2.30. The second-order valence-electron chi connectivity index (χ2n) is 6.38. The average Bonchev–Trinajstić information content (AvgIpc) is 2.75. The monoisotopic (exact) mass is 413 g/mol. The van der Waals surface area contributed by atoms with E-state index in [1.807, 2.05) is 43.0 Å². The van der Waals surface area contributed by atoms with Crippen LogP contribution in [-0.4, -0.2) is 44.6 Å². The van der Waals surface area contributed by atoms with Crippen molar-refractivity contribution in [2.45, 2.75) is 18.7 Å². The molecule has 0 spiro atoms. The molecule has 0 aromatic heterocycles. The molecule has 1 aliphatic heterocycles. The van der Waals surface area contributed by atoms with Crippen LogP contribution in [0.5, 0.6) is 5.75 Å². The van der Waals surface area contributed by atoms with Gasteiger partial charge in [-0.25, -0.2) is 4.79 Å². The normalized spacial score (nSPS) is 13.6. The van der Waals surface area contributed by atoms with Gasteiger partial charge in [-0.05, 0) is 49.8 Å². The number of rotatable bonds is 9. The lowest BCUT2D eigenvalue weighted by atomic mass is 10.2. The summed E-state index contributed by atoms with van der Waals surface area (Å²) in [4.78, 5) is 15.6. The van der Waals surface area contributed by atoms with Gasteiger partial charge in [0.25, 0.3) is 0 Å². The van der Waals surface area contributed by atoms with Crippen molar-refractivity contribution in [1.82, 2.24) is 0 Å². The molecule has 1 aliphatic rings. The lowest BCUT2D eigenvalue weighted by molar-refractivity contribution is -0.142. The van der Waals surface area contributed by atoms with Gasteiger partial charge in [-0.2, -0.15) is 0 Å². The van der Waals surface area contributed by atoms with Crippen LogP contribution in [0.3, 0.4) is 0 Å². The quantitative estimate of drug-likeness (QED) is 0.340. The molecule has 0 saturated heterocycles. The van der Waals surface area contributed by atoms with Crippen molar-refractivity contribution in [3.05, 3.63) is 59.9 Å². The first kappa shape index (κ1) is 21.1. The standard InChI is InChI=1S/C23H27NO4S/c1-3-26-21(23(25)27-4-2)17-18-9-11-19(12-10-18)28-15-13-24-14-16-29-22-8-6-5-7-20(22)24/h5-12,17H,3-4,13-16H2,1-2H3/b21-17-. The molecule has 0 radical (unpaired) electrons. The molecule has 6 heteroatoms. The summed E-state index contributed by atoms with van der Waals surface area (Å²) in [5, 5.41) is 0. The van der Waals surface area contributed by atoms with Crippen LogP contribution < -0.4 is 9.64 Å². The number of ether oxygens (including phenoxy) is 3. The predicted octanol–water partition coefficient (Wildman–Crippen LogP) is 4.62. The van der Waals surface area contributed by atoms with Crippen LogP contribution in [0.25, 0.3) is 6.08 Å². The Morgan fingerprint density at radius 2 is 1.83 bits per heavy atom. The summed E-state index contributed by atoms with van der Waals surface area (Å²) in [7, 11) is 0. The summed E-state index contributed by atoms with van der Waals surface area (Å²) in [5.74, 6) is 1.66. The highest BCUT2D eigenvalue weighted by Crippen LogP contribution is 2.33. The van der Waals surface area contributed by atoms with Crippen molar-refractivity contribution < 1.29 is 19.0 Å². The largest absolute Gasteiger partial charge is 0.492 e. The zero-order valence-corrected chi connectivity index (χ0v) is 17.7. The number of fused-ring (bicyclic) bond motifs is 1. The molecule has 0 bridgehead atoms. The summed E-state index contributed by atoms with van der Waals surface area (Å²) in [5.41, 5.74) is 2.14. The molecule has 29 heavy (non-hydrogen) atoms. The molecule has 0 N–H and O–H groups in total. The first-order valence-electron chi connectivity index (χ1n) is 9.92. The second-order valence-corrected chi connectivity index (χ2v) is 7.52. The van der Waals surface area contributed by atoms with Gasteiger partial charge < -0.3 is 19.1 Å². The van der Waals surface area contributed by atoms with Crippen LogP contribution in [0.2, 0.25) is 0 Å². The molecule has 0 aliphatic carbocycles. The predicted molar refractivity (Wildman–Crippen MR) is 118 cm³/mol. The zero-order chi connectivity index (χ0) is 20.5. The van der Waals surface area contributed by atoms with Crippen LogP contribution in [0.15, 0.2) is 59.2 Å². The summed E-state index contributed by atoms with van der Waals surface area (Å²) in [6, 6.07) is 16.1. The van der Waals surface area contributed by atoms with Crippen molar-refractivity contribution in [3.8, 4) is 5.75 Å². The highest BCUT2D eigenvalue weighted by Gasteiger charge is 2.16. The molecule has 2 aromatic carbocycles. The van der Waals surface area contributed by atoms with Gasteiger partial charge in [0.2, 0.25) is 5.76 Å². The Bertz CT molecular complexity index is 835. The van der Waals surface area contributed by atoms with Crippen LogP contribution in [0.1, 0.15) is 19.4 Å². The third-order valence-corrected chi connectivity index (χ3v) is 5.45. The van der Waals surface area contributed by atoms with E-state index in [-0.39, 0.29) is 5.76 Å². The second kappa shape index (κ2) is 10.8. The van der Waals surface area contributed by atoms with Gasteiger partial charge in [-0.1, -0.05) is 24.3 Å². The third kappa shape index (κ3) is 5.94. The van der Waals surface area contributed by atoms with Crippen molar-refractivity contribution in [2.24, 2.45) is 0 Å². The average molecular weight is 414 g/mol. The van der Waals surface area contributed by atoms with E-state index in [0.29, 0.717) is 19.8 Å².